The monoisotopic (exact) mass is 430 g/mol. The molecule has 2 aromatic carbocycles. The first kappa shape index (κ1) is 19.5. The molecule has 0 amide bonds. The Labute approximate surface area is 172 Å². The van der Waals surface area contributed by atoms with E-state index in [2.05, 4.69) is 14.7 Å². The quantitative estimate of drug-likeness (QED) is 0.505. The summed E-state index contributed by atoms with van der Waals surface area (Å²) in [5.41, 5.74) is 2.37. The molecular weight excluding hydrogens is 415 g/mol. The minimum Gasteiger partial charge on any atom is -0.307 e. The summed E-state index contributed by atoms with van der Waals surface area (Å²) in [5.74, 6) is -0.166. The molecule has 0 aliphatic heterocycles. The number of halogens is 2. The largest absolute Gasteiger partial charge is 0.307 e. The van der Waals surface area contributed by atoms with Gasteiger partial charge in [-0.1, -0.05) is 41.9 Å². The summed E-state index contributed by atoms with van der Waals surface area (Å²) in [6.45, 7) is 0.439. The van der Waals surface area contributed by atoms with Crippen molar-refractivity contribution >= 4 is 32.8 Å². The van der Waals surface area contributed by atoms with Crippen molar-refractivity contribution < 1.29 is 12.8 Å². The highest BCUT2D eigenvalue weighted by atomic mass is 35.5. The predicted molar refractivity (Wildman–Crippen MR) is 109 cm³/mol. The van der Waals surface area contributed by atoms with Crippen LogP contribution in [0.2, 0.25) is 5.02 Å². The molecule has 0 aliphatic carbocycles. The van der Waals surface area contributed by atoms with Crippen molar-refractivity contribution in [3.63, 3.8) is 0 Å². The maximum atomic E-state index is 13.3. The number of hydrogen-bond donors (Lipinski definition) is 1. The Kier molecular flexibility index (Phi) is 5.31. The molecule has 9 heteroatoms. The molecule has 0 bridgehead atoms. The molecule has 0 unspecified atom stereocenters. The average molecular weight is 431 g/mol. The molecule has 0 aliphatic rings. The first-order chi connectivity index (χ1) is 13.9. The maximum Gasteiger partial charge on any atom is 0.241 e. The van der Waals surface area contributed by atoms with E-state index in [-0.39, 0.29) is 16.5 Å². The van der Waals surface area contributed by atoms with Gasteiger partial charge in [0.1, 0.15) is 17.2 Å². The lowest BCUT2D eigenvalue weighted by Gasteiger charge is -2.11. The number of benzene rings is 2. The molecule has 29 heavy (non-hydrogen) atoms. The summed E-state index contributed by atoms with van der Waals surface area (Å²) < 4.78 is 42.9. The number of rotatable bonds is 6. The Morgan fingerprint density at radius 2 is 1.86 bits per heavy atom. The van der Waals surface area contributed by atoms with Gasteiger partial charge in [-0.25, -0.2) is 27.5 Å². The number of fused-ring (bicyclic) bond motifs is 1. The van der Waals surface area contributed by atoms with Crippen molar-refractivity contribution in [1.29, 1.82) is 0 Å². The van der Waals surface area contributed by atoms with E-state index in [9.17, 15) is 12.8 Å². The predicted octanol–water partition coefficient (Wildman–Crippen LogP) is 3.75. The summed E-state index contributed by atoms with van der Waals surface area (Å²) in [6, 6.07) is 16.6. The summed E-state index contributed by atoms with van der Waals surface area (Å²) in [5, 5.41) is -0.256. The Hall–Kier alpha value is -2.81. The molecular formula is C20H16ClFN4O2S. The number of imidazole rings is 1. The van der Waals surface area contributed by atoms with Gasteiger partial charge < -0.3 is 4.57 Å². The van der Waals surface area contributed by atoms with Crippen LogP contribution in [0.5, 0.6) is 0 Å². The highest BCUT2D eigenvalue weighted by molar-refractivity contribution is 7.89. The molecule has 1 N–H and O–H groups in total. The molecule has 6 nitrogen and oxygen atoms in total. The zero-order valence-electron chi connectivity index (χ0n) is 15.1. The fourth-order valence-corrected chi connectivity index (χ4v) is 4.21. The zero-order chi connectivity index (χ0) is 20.4. The topological polar surface area (TPSA) is 76.9 Å². The number of sulfonamides is 1. The van der Waals surface area contributed by atoms with Crippen LogP contribution in [0.4, 0.5) is 4.39 Å². The maximum absolute atomic E-state index is 13.3. The van der Waals surface area contributed by atoms with Crippen LogP contribution in [-0.2, 0) is 23.1 Å². The third-order valence-corrected chi connectivity index (χ3v) is 6.08. The molecule has 2 aromatic heterocycles. The van der Waals surface area contributed by atoms with Crippen molar-refractivity contribution in [3.8, 4) is 0 Å². The number of aromatic nitrogens is 3. The fourth-order valence-electron chi connectivity index (χ4n) is 2.96. The molecule has 148 valence electrons. The second kappa shape index (κ2) is 7.90. The summed E-state index contributed by atoms with van der Waals surface area (Å²) >= 11 is 5.71. The Balaban J connectivity index is 1.65. The van der Waals surface area contributed by atoms with Gasteiger partial charge in [0.15, 0.2) is 5.65 Å². The zero-order valence-corrected chi connectivity index (χ0v) is 16.7. The van der Waals surface area contributed by atoms with Gasteiger partial charge >= 0.3 is 0 Å². The highest BCUT2D eigenvalue weighted by Crippen LogP contribution is 2.20. The van der Waals surface area contributed by atoms with E-state index in [0.29, 0.717) is 23.5 Å². The second-order valence-corrected chi connectivity index (χ2v) is 8.52. The molecule has 4 rings (SSSR count). The third-order valence-electron chi connectivity index (χ3n) is 4.39. The van der Waals surface area contributed by atoms with Crippen molar-refractivity contribution in [2.45, 2.75) is 18.0 Å². The van der Waals surface area contributed by atoms with Gasteiger partial charge in [-0.2, -0.15) is 0 Å². The van der Waals surface area contributed by atoms with E-state index in [1.807, 2.05) is 41.0 Å². The van der Waals surface area contributed by atoms with Gasteiger partial charge in [0.05, 0.1) is 23.0 Å². The molecule has 0 saturated heterocycles. The van der Waals surface area contributed by atoms with E-state index in [1.54, 1.807) is 12.3 Å². The van der Waals surface area contributed by atoms with Crippen molar-refractivity contribution in [1.82, 2.24) is 19.3 Å². The third kappa shape index (κ3) is 4.14. The minimum atomic E-state index is -3.90. The molecule has 4 aromatic rings. The molecule has 0 saturated carbocycles. The van der Waals surface area contributed by atoms with Gasteiger partial charge in [0, 0.05) is 6.20 Å². The lowest BCUT2D eigenvalue weighted by atomic mass is 10.2. The van der Waals surface area contributed by atoms with Gasteiger partial charge in [-0.3, -0.25) is 0 Å². The van der Waals surface area contributed by atoms with Crippen LogP contribution in [-0.4, -0.2) is 23.0 Å². The van der Waals surface area contributed by atoms with E-state index < -0.39 is 15.8 Å². The van der Waals surface area contributed by atoms with E-state index in [1.165, 1.54) is 0 Å². The van der Waals surface area contributed by atoms with Crippen molar-refractivity contribution in [2.75, 3.05) is 0 Å². The van der Waals surface area contributed by atoms with E-state index in [4.69, 9.17) is 11.6 Å². The fraction of sp³-hybridized carbons (Fsp3) is 0.100. The number of hydrogen-bond acceptors (Lipinski definition) is 4. The van der Waals surface area contributed by atoms with Crippen LogP contribution in [0.3, 0.4) is 0 Å². The van der Waals surface area contributed by atoms with E-state index >= 15 is 0 Å². The van der Waals surface area contributed by atoms with Crippen LogP contribution in [0, 0.1) is 5.82 Å². The highest BCUT2D eigenvalue weighted by Gasteiger charge is 2.19. The Morgan fingerprint density at radius 1 is 1.07 bits per heavy atom. The standard InChI is InChI=1S/C20H16ClFN4O2S/c21-16-11-15(8-9-17(16)22)29(27,28)24-12-19-25-18-7-4-10-23-20(18)26(19)13-14-5-2-1-3-6-14/h1-11,24H,12-13H2. The molecule has 0 fully saturated rings. The van der Waals surface area contributed by atoms with Gasteiger partial charge in [-0.05, 0) is 35.9 Å². The average Bonchev–Trinajstić information content (AvgIpc) is 3.07. The Bertz CT molecular complexity index is 1280. The molecule has 0 atom stereocenters. The minimum absolute atomic E-state index is 0.0550. The van der Waals surface area contributed by atoms with Crippen molar-refractivity contribution in [3.05, 3.63) is 89.1 Å². The van der Waals surface area contributed by atoms with Crippen LogP contribution >= 0.6 is 11.6 Å². The number of nitrogens with zero attached hydrogens (tertiary/aromatic N) is 3. The van der Waals surface area contributed by atoms with Crippen LogP contribution in [0.15, 0.2) is 71.8 Å². The van der Waals surface area contributed by atoms with Crippen LogP contribution in [0.1, 0.15) is 11.4 Å². The lowest BCUT2D eigenvalue weighted by molar-refractivity contribution is 0.576. The Morgan fingerprint density at radius 3 is 2.62 bits per heavy atom. The van der Waals surface area contributed by atoms with E-state index in [0.717, 1.165) is 23.8 Å². The van der Waals surface area contributed by atoms with Crippen LogP contribution in [0.25, 0.3) is 11.2 Å². The van der Waals surface area contributed by atoms with Gasteiger partial charge in [0.2, 0.25) is 10.0 Å². The SMILES string of the molecule is O=S(=O)(NCc1nc2cccnc2n1Cc1ccccc1)c1ccc(F)c(Cl)c1. The molecule has 0 spiro atoms. The lowest BCUT2D eigenvalue weighted by Crippen LogP contribution is -2.25. The number of nitrogens with one attached hydrogen (secondary N) is 1. The normalized spacial score (nSPS) is 11.8. The first-order valence-electron chi connectivity index (χ1n) is 8.73. The van der Waals surface area contributed by atoms with Gasteiger partial charge in [0.25, 0.3) is 0 Å². The van der Waals surface area contributed by atoms with Crippen LogP contribution < -0.4 is 4.72 Å². The molecule has 0 radical (unpaired) electrons. The summed E-state index contributed by atoms with van der Waals surface area (Å²) in [6.07, 6.45) is 1.67. The summed E-state index contributed by atoms with van der Waals surface area (Å²) in [4.78, 5) is 8.79. The number of pyridine rings is 1. The smallest absolute Gasteiger partial charge is 0.241 e. The first-order valence-corrected chi connectivity index (χ1v) is 10.6. The molecule has 2 heterocycles. The van der Waals surface area contributed by atoms with Crippen molar-refractivity contribution in [2.24, 2.45) is 0 Å². The summed E-state index contributed by atoms with van der Waals surface area (Å²) in [7, 11) is -3.90. The second-order valence-electron chi connectivity index (χ2n) is 6.35. The van der Waals surface area contributed by atoms with Gasteiger partial charge in [-0.15, -0.1) is 0 Å².